The van der Waals surface area contributed by atoms with Crippen LogP contribution < -0.4 is 10.2 Å². The number of aromatic nitrogens is 2. The van der Waals surface area contributed by atoms with Crippen molar-refractivity contribution in [2.24, 2.45) is 5.92 Å². The number of amides is 1. The van der Waals surface area contributed by atoms with Crippen molar-refractivity contribution in [2.75, 3.05) is 23.3 Å². The standard InChI is InChI=1S/C23H24N4O/c1-17-11-13-27(14-12-17)23-24-15-21(16-25-23)26-22(28)20-9-7-19(8-10-20)18-5-3-2-4-6-18/h2-10,15-17H,11-14H2,1H3,(H,26,28). The van der Waals surface area contributed by atoms with Crippen LogP contribution in [0.3, 0.4) is 0 Å². The summed E-state index contributed by atoms with van der Waals surface area (Å²) in [5.41, 5.74) is 3.42. The van der Waals surface area contributed by atoms with Gasteiger partial charge in [0.05, 0.1) is 18.1 Å². The van der Waals surface area contributed by atoms with Crippen molar-refractivity contribution in [3.63, 3.8) is 0 Å². The molecule has 2 heterocycles. The van der Waals surface area contributed by atoms with E-state index in [0.717, 1.165) is 36.1 Å². The summed E-state index contributed by atoms with van der Waals surface area (Å²) in [7, 11) is 0. The fraction of sp³-hybridized carbons (Fsp3) is 0.261. The van der Waals surface area contributed by atoms with E-state index in [-0.39, 0.29) is 5.91 Å². The third-order valence-electron chi connectivity index (χ3n) is 5.22. The summed E-state index contributed by atoms with van der Waals surface area (Å²) >= 11 is 0. The number of carbonyl (C=O) groups is 1. The minimum Gasteiger partial charge on any atom is -0.341 e. The summed E-state index contributed by atoms with van der Waals surface area (Å²) in [5.74, 6) is 1.34. The lowest BCUT2D eigenvalue weighted by Gasteiger charge is -2.30. The molecule has 1 aliphatic heterocycles. The number of hydrogen-bond donors (Lipinski definition) is 1. The predicted molar refractivity (Wildman–Crippen MR) is 112 cm³/mol. The molecular formula is C23H24N4O. The lowest BCUT2D eigenvalue weighted by molar-refractivity contribution is 0.102. The van der Waals surface area contributed by atoms with Crippen LogP contribution in [0.2, 0.25) is 0 Å². The molecule has 0 aliphatic carbocycles. The van der Waals surface area contributed by atoms with E-state index in [1.165, 1.54) is 12.8 Å². The maximum absolute atomic E-state index is 12.5. The van der Waals surface area contributed by atoms with Gasteiger partial charge in [-0.3, -0.25) is 4.79 Å². The molecule has 4 rings (SSSR count). The monoisotopic (exact) mass is 372 g/mol. The zero-order chi connectivity index (χ0) is 19.3. The molecule has 0 saturated carbocycles. The Morgan fingerprint density at radius 3 is 2.18 bits per heavy atom. The van der Waals surface area contributed by atoms with Gasteiger partial charge in [0.15, 0.2) is 0 Å². The summed E-state index contributed by atoms with van der Waals surface area (Å²) in [4.78, 5) is 23.6. The highest BCUT2D eigenvalue weighted by Crippen LogP contribution is 2.21. The van der Waals surface area contributed by atoms with Crippen LogP contribution in [-0.4, -0.2) is 29.0 Å². The SMILES string of the molecule is CC1CCN(c2ncc(NC(=O)c3ccc(-c4ccccc4)cc3)cn2)CC1. The van der Waals surface area contributed by atoms with E-state index in [9.17, 15) is 4.79 Å². The summed E-state index contributed by atoms with van der Waals surface area (Å²) in [6.45, 7) is 4.25. The zero-order valence-electron chi connectivity index (χ0n) is 16.0. The van der Waals surface area contributed by atoms with Crippen LogP contribution in [0.5, 0.6) is 0 Å². The number of hydrogen-bond acceptors (Lipinski definition) is 4. The molecule has 1 aliphatic rings. The Bertz CT molecular complexity index is 915. The van der Waals surface area contributed by atoms with Gasteiger partial charge in [0.2, 0.25) is 5.95 Å². The third-order valence-corrected chi connectivity index (χ3v) is 5.22. The van der Waals surface area contributed by atoms with Gasteiger partial charge in [-0.15, -0.1) is 0 Å². The van der Waals surface area contributed by atoms with Crippen LogP contribution >= 0.6 is 0 Å². The fourth-order valence-electron chi connectivity index (χ4n) is 3.41. The van der Waals surface area contributed by atoms with E-state index in [1.807, 2.05) is 42.5 Å². The van der Waals surface area contributed by atoms with Gasteiger partial charge in [-0.1, -0.05) is 49.4 Å². The molecule has 142 valence electrons. The second kappa shape index (κ2) is 8.21. The smallest absolute Gasteiger partial charge is 0.255 e. The number of carbonyl (C=O) groups excluding carboxylic acids is 1. The van der Waals surface area contributed by atoms with Gasteiger partial charge < -0.3 is 10.2 Å². The molecule has 5 heteroatoms. The Labute approximate surface area is 165 Å². The van der Waals surface area contributed by atoms with Gasteiger partial charge in [0.25, 0.3) is 5.91 Å². The van der Waals surface area contributed by atoms with Gasteiger partial charge in [0.1, 0.15) is 0 Å². The molecule has 0 spiro atoms. The van der Waals surface area contributed by atoms with Crippen molar-refractivity contribution < 1.29 is 4.79 Å². The number of rotatable bonds is 4. The van der Waals surface area contributed by atoms with Gasteiger partial charge in [0, 0.05) is 18.7 Å². The molecule has 28 heavy (non-hydrogen) atoms. The molecule has 5 nitrogen and oxygen atoms in total. The molecule has 1 aromatic heterocycles. The topological polar surface area (TPSA) is 58.1 Å². The van der Waals surface area contributed by atoms with E-state index < -0.39 is 0 Å². The van der Waals surface area contributed by atoms with Crippen molar-refractivity contribution >= 4 is 17.5 Å². The normalized spacial score (nSPS) is 14.7. The summed E-state index contributed by atoms with van der Waals surface area (Å²) < 4.78 is 0. The van der Waals surface area contributed by atoms with E-state index in [0.29, 0.717) is 11.3 Å². The molecule has 0 atom stereocenters. The van der Waals surface area contributed by atoms with Crippen LogP contribution in [0.4, 0.5) is 11.6 Å². The average Bonchev–Trinajstić information content (AvgIpc) is 2.76. The zero-order valence-corrected chi connectivity index (χ0v) is 16.0. The molecule has 0 unspecified atom stereocenters. The fourth-order valence-corrected chi connectivity index (χ4v) is 3.41. The molecule has 2 aromatic carbocycles. The number of anilines is 2. The Kier molecular flexibility index (Phi) is 5.33. The van der Waals surface area contributed by atoms with Crippen LogP contribution in [0.25, 0.3) is 11.1 Å². The van der Waals surface area contributed by atoms with E-state index in [1.54, 1.807) is 12.4 Å². The number of nitrogens with zero attached hydrogens (tertiary/aromatic N) is 3. The first-order valence-corrected chi connectivity index (χ1v) is 9.73. The highest BCUT2D eigenvalue weighted by atomic mass is 16.1. The summed E-state index contributed by atoms with van der Waals surface area (Å²) in [5, 5.41) is 2.87. The maximum atomic E-state index is 12.5. The second-order valence-electron chi connectivity index (χ2n) is 7.34. The van der Waals surface area contributed by atoms with E-state index >= 15 is 0 Å². The number of nitrogens with one attached hydrogen (secondary N) is 1. The molecule has 1 fully saturated rings. The maximum Gasteiger partial charge on any atom is 0.255 e. The van der Waals surface area contributed by atoms with Crippen LogP contribution in [0.15, 0.2) is 67.0 Å². The second-order valence-corrected chi connectivity index (χ2v) is 7.34. The molecule has 1 amide bonds. The van der Waals surface area contributed by atoms with Crippen molar-refractivity contribution in [2.45, 2.75) is 19.8 Å². The van der Waals surface area contributed by atoms with E-state index in [2.05, 4.69) is 39.2 Å². The molecular weight excluding hydrogens is 348 g/mol. The first-order chi connectivity index (χ1) is 13.7. The van der Waals surface area contributed by atoms with Crippen molar-refractivity contribution in [3.8, 4) is 11.1 Å². The lowest BCUT2D eigenvalue weighted by atomic mass is 10.00. The molecule has 0 bridgehead atoms. The molecule has 1 N–H and O–H groups in total. The number of benzene rings is 2. The summed E-state index contributed by atoms with van der Waals surface area (Å²) in [6, 6.07) is 17.7. The molecule has 0 radical (unpaired) electrons. The predicted octanol–water partition coefficient (Wildman–Crippen LogP) is 4.63. The molecule has 1 saturated heterocycles. The quantitative estimate of drug-likeness (QED) is 0.725. The van der Waals surface area contributed by atoms with Crippen LogP contribution in [0, 0.1) is 5.92 Å². The summed E-state index contributed by atoms with van der Waals surface area (Å²) in [6.07, 6.45) is 5.69. The highest BCUT2D eigenvalue weighted by Gasteiger charge is 2.18. The third kappa shape index (κ3) is 4.19. The minimum absolute atomic E-state index is 0.164. The van der Waals surface area contributed by atoms with Crippen molar-refractivity contribution in [3.05, 3.63) is 72.6 Å². The molecule has 3 aromatic rings. The van der Waals surface area contributed by atoms with Crippen LogP contribution in [0.1, 0.15) is 30.1 Å². The Morgan fingerprint density at radius 2 is 1.54 bits per heavy atom. The van der Waals surface area contributed by atoms with E-state index in [4.69, 9.17) is 0 Å². The van der Waals surface area contributed by atoms with Gasteiger partial charge in [-0.2, -0.15) is 0 Å². The minimum atomic E-state index is -0.164. The average molecular weight is 372 g/mol. The largest absolute Gasteiger partial charge is 0.341 e. The Morgan fingerprint density at radius 1 is 0.929 bits per heavy atom. The van der Waals surface area contributed by atoms with Gasteiger partial charge >= 0.3 is 0 Å². The van der Waals surface area contributed by atoms with Crippen molar-refractivity contribution in [1.82, 2.24) is 9.97 Å². The van der Waals surface area contributed by atoms with Gasteiger partial charge in [-0.25, -0.2) is 9.97 Å². The highest BCUT2D eigenvalue weighted by molar-refractivity contribution is 6.04. The van der Waals surface area contributed by atoms with Crippen LogP contribution in [-0.2, 0) is 0 Å². The lowest BCUT2D eigenvalue weighted by Crippen LogP contribution is -2.34. The first-order valence-electron chi connectivity index (χ1n) is 9.73. The Hall–Kier alpha value is -3.21. The van der Waals surface area contributed by atoms with Gasteiger partial charge in [-0.05, 0) is 42.0 Å². The Balaban J connectivity index is 1.39. The number of piperidine rings is 1. The van der Waals surface area contributed by atoms with Crippen molar-refractivity contribution in [1.29, 1.82) is 0 Å². The first kappa shape index (κ1) is 18.2.